The number of carbonyl (C=O) groups excluding carboxylic acids is 1. The molecule has 1 amide bonds. The van der Waals surface area contributed by atoms with Gasteiger partial charge in [-0.05, 0) is 37.8 Å². The highest BCUT2D eigenvalue weighted by Gasteiger charge is 2.29. The molecular weight excluding hydrogens is 320 g/mol. The van der Waals surface area contributed by atoms with Crippen LogP contribution in [-0.2, 0) is 18.4 Å². The van der Waals surface area contributed by atoms with Gasteiger partial charge in [-0.3, -0.25) is 4.79 Å². The van der Waals surface area contributed by atoms with Crippen molar-refractivity contribution in [1.29, 1.82) is 0 Å². The summed E-state index contributed by atoms with van der Waals surface area (Å²) in [6.45, 7) is 4.81. The van der Waals surface area contributed by atoms with Crippen LogP contribution in [0.2, 0.25) is 0 Å². The molecular formula is C18H24N4OS. The highest BCUT2D eigenvalue weighted by atomic mass is 32.2. The van der Waals surface area contributed by atoms with Crippen molar-refractivity contribution in [2.45, 2.75) is 44.3 Å². The molecule has 0 radical (unpaired) electrons. The molecule has 0 saturated heterocycles. The Balaban J connectivity index is 1.56. The summed E-state index contributed by atoms with van der Waals surface area (Å²) in [6, 6.07) is 6.35. The highest BCUT2D eigenvalue weighted by Crippen LogP contribution is 2.39. The van der Waals surface area contributed by atoms with Gasteiger partial charge in [0.2, 0.25) is 5.91 Å². The number of thioether (sulfide) groups is 1. The topological polar surface area (TPSA) is 51.0 Å². The maximum atomic E-state index is 12.4. The summed E-state index contributed by atoms with van der Waals surface area (Å²) in [7, 11) is 3.84. The molecule has 128 valence electrons. The Morgan fingerprint density at radius 1 is 1.33 bits per heavy atom. The van der Waals surface area contributed by atoms with Crippen LogP contribution in [0.3, 0.4) is 0 Å². The number of hydrogen-bond acceptors (Lipinski definition) is 4. The van der Waals surface area contributed by atoms with E-state index < -0.39 is 0 Å². The SMILES string of the molecule is Cc1ccc(CN(C)C(=O)CSc2nnc(C3CC3)n2C)c(C)c1. The van der Waals surface area contributed by atoms with Gasteiger partial charge in [-0.15, -0.1) is 10.2 Å². The molecule has 0 N–H and O–H groups in total. The molecule has 24 heavy (non-hydrogen) atoms. The molecule has 0 atom stereocenters. The Morgan fingerprint density at radius 2 is 2.08 bits per heavy atom. The van der Waals surface area contributed by atoms with Gasteiger partial charge in [0.1, 0.15) is 5.82 Å². The second-order valence-electron chi connectivity index (χ2n) is 6.64. The first kappa shape index (κ1) is 17.0. The zero-order valence-corrected chi connectivity index (χ0v) is 15.6. The van der Waals surface area contributed by atoms with Crippen LogP contribution < -0.4 is 0 Å². The van der Waals surface area contributed by atoms with E-state index in [0.717, 1.165) is 11.0 Å². The lowest BCUT2D eigenvalue weighted by Crippen LogP contribution is -2.28. The zero-order valence-electron chi connectivity index (χ0n) is 14.7. The first-order chi connectivity index (χ1) is 11.5. The molecule has 6 heteroatoms. The van der Waals surface area contributed by atoms with E-state index in [0.29, 0.717) is 18.2 Å². The third-order valence-corrected chi connectivity index (χ3v) is 5.47. The summed E-state index contributed by atoms with van der Waals surface area (Å²) in [5, 5.41) is 9.30. The molecule has 1 aliphatic rings. The second kappa shape index (κ2) is 6.97. The van der Waals surface area contributed by atoms with Gasteiger partial charge >= 0.3 is 0 Å². The van der Waals surface area contributed by atoms with E-state index in [9.17, 15) is 4.79 Å². The van der Waals surface area contributed by atoms with Crippen molar-refractivity contribution in [3.05, 3.63) is 40.7 Å². The van der Waals surface area contributed by atoms with Crippen molar-refractivity contribution in [2.75, 3.05) is 12.8 Å². The first-order valence-corrected chi connectivity index (χ1v) is 9.26. The van der Waals surface area contributed by atoms with Gasteiger partial charge in [-0.2, -0.15) is 0 Å². The molecule has 1 aliphatic carbocycles. The number of aromatic nitrogens is 3. The Morgan fingerprint density at radius 3 is 2.75 bits per heavy atom. The minimum atomic E-state index is 0.107. The Labute approximate surface area is 147 Å². The van der Waals surface area contributed by atoms with Crippen LogP contribution in [0.1, 0.15) is 41.3 Å². The lowest BCUT2D eigenvalue weighted by atomic mass is 10.1. The number of rotatable bonds is 6. The third kappa shape index (κ3) is 3.80. The van der Waals surface area contributed by atoms with E-state index in [4.69, 9.17) is 0 Å². The highest BCUT2D eigenvalue weighted by molar-refractivity contribution is 7.99. The maximum absolute atomic E-state index is 12.4. The Bertz CT molecular complexity index is 751. The van der Waals surface area contributed by atoms with Gasteiger partial charge in [0.25, 0.3) is 0 Å². The predicted molar refractivity (Wildman–Crippen MR) is 96.1 cm³/mol. The average molecular weight is 344 g/mol. The molecule has 0 unspecified atom stereocenters. The number of hydrogen-bond donors (Lipinski definition) is 0. The maximum Gasteiger partial charge on any atom is 0.233 e. The van der Waals surface area contributed by atoms with E-state index in [2.05, 4.69) is 42.2 Å². The quantitative estimate of drug-likeness (QED) is 0.756. The fraction of sp³-hybridized carbons (Fsp3) is 0.500. The summed E-state index contributed by atoms with van der Waals surface area (Å²) in [4.78, 5) is 14.2. The molecule has 1 saturated carbocycles. The number of amides is 1. The standard InChI is InChI=1S/C18H24N4OS/c1-12-5-6-15(13(2)9-12)10-21(3)16(23)11-24-18-20-19-17(22(18)4)14-7-8-14/h5-6,9,14H,7-8,10-11H2,1-4H3. The van der Waals surface area contributed by atoms with E-state index in [1.165, 1.54) is 41.3 Å². The fourth-order valence-corrected chi connectivity index (χ4v) is 3.61. The minimum absolute atomic E-state index is 0.107. The van der Waals surface area contributed by atoms with Gasteiger partial charge in [-0.25, -0.2) is 0 Å². The third-order valence-electron chi connectivity index (χ3n) is 4.47. The zero-order chi connectivity index (χ0) is 17.3. The van der Waals surface area contributed by atoms with Gasteiger partial charge in [-0.1, -0.05) is 35.5 Å². The molecule has 1 fully saturated rings. The molecule has 1 aromatic heterocycles. The summed E-state index contributed by atoms with van der Waals surface area (Å²) in [5.74, 6) is 2.11. The van der Waals surface area contributed by atoms with Gasteiger partial charge in [0.05, 0.1) is 5.75 Å². The van der Waals surface area contributed by atoms with Gasteiger partial charge < -0.3 is 9.47 Å². The number of carbonyl (C=O) groups is 1. The van der Waals surface area contributed by atoms with E-state index in [-0.39, 0.29) is 5.91 Å². The van der Waals surface area contributed by atoms with Crippen molar-refractivity contribution in [2.24, 2.45) is 7.05 Å². The molecule has 0 spiro atoms. The molecule has 5 nitrogen and oxygen atoms in total. The number of benzene rings is 1. The monoisotopic (exact) mass is 344 g/mol. The molecule has 3 rings (SSSR count). The first-order valence-electron chi connectivity index (χ1n) is 8.28. The minimum Gasteiger partial charge on any atom is -0.341 e. The lowest BCUT2D eigenvalue weighted by molar-refractivity contribution is -0.127. The molecule has 0 bridgehead atoms. The van der Waals surface area contributed by atoms with Crippen molar-refractivity contribution in [1.82, 2.24) is 19.7 Å². The normalized spacial score (nSPS) is 14.0. The summed E-state index contributed by atoms with van der Waals surface area (Å²) < 4.78 is 2.03. The van der Waals surface area contributed by atoms with Crippen LogP contribution in [0.15, 0.2) is 23.4 Å². The van der Waals surface area contributed by atoms with Gasteiger partial charge in [0.15, 0.2) is 5.16 Å². The van der Waals surface area contributed by atoms with Crippen LogP contribution >= 0.6 is 11.8 Å². The summed E-state index contributed by atoms with van der Waals surface area (Å²) >= 11 is 1.46. The van der Waals surface area contributed by atoms with E-state index in [1.54, 1.807) is 4.90 Å². The Hall–Kier alpha value is -1.82. The molecule has 1 heterocycles. The van der Waals surface area contributed by atoms with Crippen molar-refractivity contribution < 1.29 is 4.79 Å². The van der Waals surface area contributed by atoms with Gasteiger partial charge in [0, 0.05) is 26.6 Å². The number of nitrogens with zero attached hydrogens (tertiary/aromatic N) is 4. The molecule has 0 aliphatic heterocycles. The summed E-state index contributed by atoms with van der Waals surface area (Å²) in [6.07, 6.45) is 2.41. The lowest BCUT2D eigenvalue weighted by Gasteiger charge is -2.18. The smallest absolute Gasteiger partial charge is 0.233 e. The van der Waals surface area contributed by atoms with Crippen LogP contribution in [-0.4, -0.2) is 38.4 Å². The Kier molecular flexibility index (Phi) is 4.94. The molecule has 1 aromatic carbocycles. The van der Waals surface area contributed by atoms with Crippen molar-refractivity contribution >= 4 is 17.7 Å². The van der Waals surface area contributed by atoms with E-state index >= 15 is 0 Å². The van der Waals surface area contributed by atoms with Crippen molar-refractivity contribution in [3.63, 3.8) is 0 Å². The second-order valence-corrected chi connectivity index (χ2v) is 7.58. The fourth-order valence-electron chi connectivity index (χ4n) is 2.75. The largest absolute Gasteiger partial charge is 0.341 e. The van der Waals surface area contributed by atoms with Crippen LogP contribution in [0, 0.1) is 13.8 Å². The summed E-state index contributed by atoms with van der Waals surface area (Å²) in [5.41, 5.74) is 3.66. The van der Waals surface area contributed by atoms with E-state index in [1.807, 2.05) is 18.7 Å². The molecule has 2 aromatic rings. The number of aryl methyl sites for hydroxylation is 2. The van der Waals surface area contributed by atoms with Crippen LogP contribution in [0.5, 0.6) is 0 Å². The average Bonchev–Trinajstić information content (AvgIpc) is 3.31. The van der Waals surface area contributed by atoms with Crippen molar-refractivity contribution in [3.8, 4) is 0 Å². The van der Waals surface area contributed by atoms with Crippen LogP contribution in [0.4, 0.5) is 0 Å². The predicted octanol–water partition coefficient (Wildman–Crippen LogP) is 3.06. The van der Waals surface area contributed by atoms with Crippen LogP contribution in [0.25, 0.3) is 0 Å².